The molecule has 0 bridgehead atoms. The number of anilines is 1. The molecule has 0 aliphatic rings. The Labute approximate surface area is 135 Å². The van der Waals surface area contributed by atoms with E-state index in [0.717, 1.165) is 17.7 Å². The summed E-state index contributed by atoms with van der Waals surface area (Å²) in [5.74, 6) is -2.80. The number of halogens is 2. The molecule has 0 aliphatic heterocycles. The lowest BCUT2D eigenvalue weighted by Crippen LogP contribution is -2.23. The highest BCUT2D eigenvalue weighted by molar-refractivity contribution is 6.04. The Morgan fingerprint density at radius 2 is 1.67 bits per heavy atom. The Bertz CT molecular complexity index is 953. The van der Waals surface area contributed by atoms with Crippen molar-refractivity contribution in [3.8, 4) is 11.3 Å². The molecule has 0 aliphatic carbocycles. The topological polar surface area (TPSA) is 62.0 Å². The van der Waals surface area contributed by atoms with Crippen LogP contribution in [0.25, 0.3) is 11.3 Å². The van der Waals surface area contributed by atoms with Gasteiger partial charge in [-0.2, -0.15) is 0 Å². The fourth-order valence-corrected chi connectivity index (χ4v) is 2.21. The number of carbonyl (C=O) groups excluding carboxylic acids is 1. The lowest BCUT2D eigenvalue weighted by Gasteiger charge is -2.06. The van der Waals surface area contributed by atoms with Crippen LogP contribution in [-0.2, 0) is 0 Å². The molecule has 2 N–H and O–H groups in total. The SMILES string of the molecule is O=C(Nc1ccc(F)c(F)c1)c1ccc(-c2ccccc2)[nH]c1=O. The number of aromatic nitrogens is 1. The van der Waals surface area contributed by atoms with Crippen molar-refractivity contribution >= 4 is 11.6 Å². The van der Waals surface area contributed by atoms with Gasteiger partial charge in [-0.15, -0.1) is 0 Å². The van der Waals surface area contributed by atoms with Crippen molar-refractivity contribution < 1.29 is 13.6 Å². The van der Waals surface area contributed by atoms with Gasteiger partial charge < -0.3 is 10.3 Å². The lowest BCUT2D eigenvalue weighted by atomic mass is 10.1. The third kappa shape index (κ3) is 3.22. The summed E-state index contributed by atoms with van der Waals surface area (Å²) in [7, 11) is 0. The van der Waals surface area contributed by atoms with E-state index in [1.54, 1.807) is 6.07 Å². The quantitative estimate of drug-likeness (QED) is 0.773. The number of amides is 1. The van der Waals surface area contributed by atoms with Crippen LogP contribution in [0.15, 0.2) is 65.5 Å². The fourth-order valence-electron chi connectivity index (χ4n) is 2.21. The first-order valence-electron chi connectivity index (χ1n) is 7.10. The average Bonchev–Trinajstić information content (AvgIpc) is 2.59. The minimum absolute atomic E-state index is 0.0606. The van der Waals surface area contributed by atoms with E-state index >= 15 is 0 Å². The highest BCUT2D eigenvalue weighted by atomic mass is 19.2. The van der Waals surface area contributed by atoms with Crippen LogP contribution >= 0.6 is 0 Å². The first-order valence-corrected chi connectivity index (χ1v) is 7.10. The van der Waals surface area contributed by atoms with Crippen molar-refractivity contribution in [3.63, 3.8) is 0 Å². The standard InChI is InChI=1S/C18H12F2N2O2/c19-14-8-6-12(10-15(14)20)21-17(23)13-7-9-16(22-18(13)24)11-4-2-1-3-5-11/h1-10H,(H,21,23)(H,22,24). The van der Waals surface area contributed by atoms with Crippen molar-refractivity contribution in [2.45, 2.75) is 0 Å². The van der Waals surface area contributed by atoms with E-state index in [1.165, 1.54) is 12.1 Å². The average molecular weight is 326 g/mol. The van der Waals surface area contributed by atoms with E-state index in [9.17, 15) is 18.4 Å². The van der Waals surface area contributed by atoms with Crippen LogP contribution in [0.1, 0.15) is 10.4 Å². The monoisotopic (exact) mass is 326 g/mol. The molecule has 0 saturated heterocycles. The van der Waals surface area contributed by atoms with Crippen LogP contribution in [-0.4, -0.2) is 10.9 Å². The summed E-state index contributed by atoms with van der Waals surface area (Å²) in [5, 5.41) is 2.36. The number of carbonyl (C=O) groups is 1. The molecule has 0 unspecified atom stereocenters. The molecule has 120 valence electrons. The Morgan fingerprint density at radius 1 is 0.917 bits per heavy atom. The molecule has 24 heavy (non-hydrogen) atoms. The zero-order chi connectivity index (χ0) is 17.1. The van der Waals surface area contributed by atoms with E-state index < -0.39 is 23.1 Å². The summed E-state index contributed by atoms with van der Waals surface area (Å²) in [6.45, 7) is 0. The van der Waals surface area contributed by atoms with Crippen LogP contribution in [0.5, 0.6) is 0 Å². The molecular formula is C18H12F2N2O2. The molecule has 0 radical (unpaired) electrons. The first kappa shape index (κ1) is 15.6. The van der Waals surface area contributed by atoms with Gasteiger partial charge in [0.25, 0.3) is 11.5 Å². The summed E-state index contributed by atoms with van der Waals surface area (Å²) >= 11 is 0. The van der Waals surface area contributed by atoms with Crippen LogP contribution in [0.3, 0.4) is 0 Å². The second-order valence-corrected chi connectivity index (χ2v) is 5.06. The van der Waals surface area contributed by atoms with Crippen LogP contribution in [0.2, 0.25) is 0 Å². The van der Waals surface area contributed by atoms with Gasteiger partial charge in [-0.25, -0.2) is 8.78 Å². The van der Waals surface area contributed by atoms with E-state index in [0.29, 0.717) is 5.69 Å². The van der Waals surface area contributed by atoms with Crippen molar-refractivity contribution in [2.75, 3.05) is 5.32 Å². The maximum absolute atomic E-state index is 13.2. The Balaban J connectivity index is 1.85. The molecule has 1 heterocycles. The fraction of sp³-hybridized carbons (Fsp3) is 0. The Morgan fingerprint density at radius 3 is 2.33 bits per heavy atom. The number of benzene rings is 2. The molecule has 0 saturated carbocycles. The van der Waals surface area contributed by atoms with Gasteiger partial charge in [0.2, 0.25) is 0 Å². The van der Waals surface area contributed by atoms with Gasteiger partial charge in [-0.05, 0) is 29.8 Å². The van der Waals surface area contributed by atoms with Crippen molar-refractivity contribution in [3.05, 3.63) is 88.2 Å². The number of nitrogens with one attached hydrogen (secondary N) is 2. The van der Waals surface area contributed by atoms with Gasteiger partial charge in [-0.3, -0.25) is 9.59 Å². The van der Waals surface area contributed by atoms with Gasteiger partial charge in [0.1, 0.15) is 5.56 Å². The molecule has 1 aromatic heterocycles. The van der Waals surface area contributed by atoms with Crippen LogP contribution < -0.4 is 10.9 Å². The van der Waals surface area contributed by atoms with E-state index in [-0.39, 0.29) is 11.3 Å². The number of rotatable bonds is 3. The highest BCUT2D eigenvalue weighted by Crippen LogP contribution is 2.16. The van der Waals surface area contributed by atoms with Crippen molar-refractivity contribution in [2.24, 2.45) is 0 Å². The first-order chi connectivity index (χ1) is 11.5. The Hall–Kier alpha value is -3.28. The molecule has 1 amide bonds. The number of hydrogen-bond donors (Lipinski definition) is 2. The molecule has 3 rings (SSSR count). The van der Waals surface area contributed by atoms with Crippen LogP contribution in [0.4, 0.5) is 14.5 Å². The molecule has 4 nitrogen and oxygen atoms in total. The van der Waals surface area contributed by atoms with E-state index in [4.69, 9.17) is 0 Å². The van der Waals surface area contributed by atoms with Crippen LogP contribution in [0, 0.1) is 11.6 Å². The number of H-pyrrole nitrogens is 1. The van der Waals surface area contributed by atoms with Gasteiger partial charge in [-0.1, -0.05) is 30.3 Å². The molecule has 0 atom stereocenters. The summed E-state index contributed by atoms with van der Waals surface area (Å²) in [5.41, 5.74) is 0.744. The van der Waals surface area contributed by atoms with Gasteiger partial charge in [0.15, 0.2) is 11.6 Å². The highest BCUT2D eigenvalue weighted by Gasteiger charge is 2.13. The largest absolute Gasteiger partial charge is 0.322 e. The molecule has 6 heteroatoms. The smallest absolute Gasteiger partial charge is 0.261 e. The van der Waals surface area contributed by atoms with Gasteiger partial charge in [0.05, 0.1) is 0 Å². The van der Waals surface area contributed by atoms with Gasteiger partial charge in [0, 0.05) is 17.4 Å². The zero-order valence-electron chi connectivity index (χ0n) is 12.3. The predicted octanol–water partition coefficient (Wildman–Crippen LogP) is 3.57. The number of aromatic amines is 1. The third-order valence-electron chi connectivity index (χ3n) is 3.42. The zero-order valence-corrected chi connectivity index (χ0v) is 12.3. The summed E-state index contributed by atoms with van der Waals surface area (Å²) < 4.78 is 26.0. The maximum atomic E-state index is 13.2. The number of pyridine rings is 1. The Kier molecular flexibility index (Phi) is 4.20. The molecule has 0 fully saturated rings. The van der Waals surface area contributed by atoms with Gasteiger partial charge >= 0.3 is 0 Å². The summed E-state index contributed by atoms with van der Waals surface area (Å²) in [4.78, 5) is 26.9. The third-order valence-corrected chi connectivity index (χ3v) is 3.42. The second-order valence-electron chi connectivity index (χ2n) is 5.06. The summed E-state index contributed by atoms with van der Waals surface area (Å²) in [6.07, 6.45) is 0. The molecular weight excluding hydrogens is 314 g/mol. The van der Waals surface area contributed by atoms with E-state index in [2.05, 4.69) is 10.3 Å². The minimum Gasteiger partial charge on any atom is -0.322 e. The second kappa shape index (κ2) is 6.45. The van der Waals surface area contributed by atoms with Crippen molar-refractivity contribution in [1.29, 1.82) is 0 Å². The molecule has 0 spiro atoms. The predicted molar refractivity (Wildman–Crippen MR) is 86.8 cm³/mol. The normalized spacial score (nSPS) is 10.4. The molecule has 2 aromatic carbocycles. The summed E-state index contributed by atoms with van der Waals surface area (Å²) in [6, 6.07) is 15.1. The maximum Gasteiger partial charge on any atom is 0.261 e. The van der Waals surface area contributed by atoms with E-state index in [1.807, 2.05) is 30.3 Å². The van der Waals surface area contributed by atoms with Crippen molar-refractivity contribution in [1.82, 2.24) is 4.98 Å². The number of hydrogen-bond acceptors (Lipinski definition) is 2. The molecule has 3 aromatic rings. The lowest BCUT2D eigenvalue weighted by molar-refractivity contribution is 0.102. The minimum atomic E-state index is -1.08.